The van der Waals surface area contributed by atoms with Crippen molar-refractivity contribution in [3.63, 3.8) is 0 Å². The number of rotatable bonds is 2. The van der Waals surface area contributed by atoms with Crippen LogP contribution in [0.3, 0.4) is 0 Å². The molecule has 1 saturated heterocycles. The molecule has 3 aromatic rings. The van der Waals surface area contributed by atoms with E-state index in [0.717, 1.165) is 15.3 Å². The van der Waals surface area contributed by atoms with Crippen LogP contribution in [0, 0.1) is 0 Å². The van der Waals surface area contributed by atoms with E-state index < -0.39 is 0 Å². The Morgan fingerprint density at radius 2 is 2.09 bits per heavy atom. The second-order valence-corrected chi connectivity index (χ2v) is 7.65. The molecule has 4 rings (SSSR count). The molecule has 1 aromatic carbocycles. The molecule has 0 saturated carbocycles. The molecule has 7 heteroatoms. The summed E-state index contributed by atoms with van der Waals surface area (Å²) in [6.07, 6.45) is 1.72. The van der Waals surface area contributed by atoms with Crippen LogP contribution in [0.15, 0.2) is 45.7 Å². The number of likely N-dealkylation sites (N-methyl/N-ethyl adjacent to an activating group) is 1. The van der Waals surface area contributed by atoms with Crippen LogP contribution in [-0.4, -0.2) is 27.2 Å². The lowest BCUT2D eigenvalue weighted by Crippen LogP contribution is -2.22. The third kappa shape index (κ3) is 2.60. The Kier molecular flexibility index (Phi) is 3.56. The highest BCUT2D eigenvalue weighted by Gasteiger charge is 2.29. The summed E-state index contributed by atoms with van der Waals surface area (Å²) in [5.41, 5.74) is 1.66. The van der Waals surface area contributed by atoms with E-state index in [1.807, 2.05) is 36.4 Å². The number of hydrogen-bond acceptors (Lipinski definition) is 6. The second kappa shape index (κ2) is 5.59. The minimum absolute atomic E-state index is 0.0994. The van der Waals surface area contributed by atoms with Crippen LogP contribution >= 0.6 is 35.3 Å². The number of nitrogens with zero attached hydrogens (tertiary/aromatic N) is 2. The topological polar surface area (TPSA) is 46.3 Å². The first kappa shape index (κ1) is 14.6. The Morgan fingerprint density at radius 3 is 2.74 bits per heavy atom. The highest BCUT2D eigenvalue weighted by atomic mass is 32.2. The maximum Gasteiger partial charge on any atom is 0.266 e. The Labute approximate surface area is 145 Å². The van der Waals surface area contributed by atoms with Gasteiger partial charge in [0.25, 0.3) is 5.91 Å². The first-order valence-corrected chi connectivity index (χ1v) is 8.83. The van der Waals surface area contributed by atoms with Gasteiger partial charge in [0.05, 0.1) is 9.61 Å². The summed E-state index contributed by atoms with van der Waals surface area (Å²) < 4.78 is 7.26. The molecular formula is C16H10N2O2S3. The van der Waals surface area contributed by atoms with Gasteiger partial charge in [0, 0.05) is 24.8 Å². The molecule has 0 aliphatic carbocycles. The average molecular weight is 358 g/mol. The molecule has 3 heterocycles. The van der Waals surface area contributed by atoms with E-state index in [-0.39, 0.29) is 5.91 Å². The molecular weight excluding hydrogens is 348 g/mol. The van der Waals surface area contributed by atoms with Crippen molar-refractivity contribution in [2.75, 3.05) is 7.05 Å². The fourth-order valence-corrected chi connectivity index (χ4v) is 4.30. The zero-order valence-electron chi connectivity index (χ0n) is 12.0. The van der Waals surface area contributed by atoms with Gasteiger partial charge in [-0.2, -0.15) is 0 Å². The molecule has 4 nitrogen and oxygen atoms in total. The van der Waals surface area contributed by atoms with E-state index in [2.05, 4.69) is 4.98 Å². The van der Waals surface area contributed by atoms with Gasteiger partial charge in [0.15, 0.2) is 0 Å². The predicted molar refractivity (Wildman–Crippen MR) is 98.3 cm³/mol. The number of furan rings is 1. The van der Waals surface area contributed by atoms with Gasteiger partial charge < -0.3 is 4.42 Å². The van der Waals surface area contributed by atoms with Gasteiger partial charge in [-0.05, 0) is 0 Å². The van der Waals surface area contributed by atoms with E-state index in [1.165, 1.54) is 16.7 Å². The molecule has 1 aliphatic rings. The number of thiocarbonyl (C=S) groups is 1. The van der Waals surface area contributed by atoms with Crippen molar-refractivity contribution in [1.29, 1.82) is 0 Å². The molecule has 0 N–H and O–H groups in total. The number of fused-ring (bicyclic) bond motifs is 1. The minimum atomic E-state index is -0.0994. The largest absolute Gasteiger partial charge is 0.437 e. The van der Waals surface area contributed by atoms with Crippen LogP contribution < -0.4 is 0 Å². The van der Waals surface area contributed by atoms with Crippen LogP contribution in [-0.2, 0) is 4.79 Å². The number of carbonyl (C=O) groups is 1. The number of benzene rings is 1. The highest BCUT2D eigenvalue weighted by Crippen LogP contribution is 2.35. The van der Waals surface area contributed by atoms with E-state index in [4.69, 9.17) is 16.6 Å². The van der Waals surface area contributed by atoms with Crippen LogP contribution in [0.25, 0.3) is 27.1 Å². The van der Waals surface area contributed by atoms with Gasteiger partial charge in [-0.3, -0.25) is 9.69 Å². The number of hydrogen-bond donors (Lipinski definition) is 0. The van der Waals surface area contributed by atoms with E-state index in [9.17, 15) is 4.79 Å². The summed E-state index contributed by atoms with van der Waals surface area (Å²) in [7, 11) is 1.67. The van der Waals surface area contributed by atoms with Gasteiger partial charge in [-0.25, -0.2) is 4.98 Å². The maximum absolute atomic E-state index is 12.0. The Balaban J connectivity index is 1.68. The summed E-state index contributed by atoms with van der Waals surface area (Å²) in [5, 5.41) is 0.922. The van der Waals surface area contributed by atoms with E-state index in [0.29, 0.717) is 20.7 Å². The molecule has 0 bridgehead atoms. The molecule has 23 heavy (non-hydrogen) atoms. The molecule has 0 radical (unpaired) electrons. The van der Waals surface area contributed by atoms with Crippen LogP contribution in [0.2, 0.25) is 0 Å². The summed E-state index contributed by atoms with van der Waals surface area (Å²) in [5.74, 6) is 0.519. The first-order chi connectivity index (χ1) is 11.1. The minimum Gasteiger partial charge on any atom is -0.437 e. The monoisotopic (exact) mass is 358 g/mol. The number of amides is 1. The quantitative estimate of drug-likeness (QED) is 0.502. The third-order valence-electron chi connectivity index (χ3n) is 3.39. The number of thiazole rings is 1. The Hall–Kier alpha value is -1.96. The van der Waals surface area contributed by atoms with Crippen LogP contribution in [0.1, 0.15) is 5.76 Å². The average Bonchev–Trinajstić information content (AvgIpc) is 3.17. The molecule has 114 valence electrons. The fourth-order valence-electron chi connectivity index (χ4n) is 2.20. The summed E-state index contributed by atoms with van der Waals surface area (Å²) >= 11 is 7.97. The smallest absolute Gasteiger partial charge is 0.266 e. The molecule has 0 unspecified atom stereocenters. The number of thioether (sulfide) groups is 1. The van der Waals surface area contributed by atoms with Gasteiger partial charge >= 0.3 is 0 Å². The lowest BCUT2D eigenvalue weighted by Gasteiger charge is -2.03. The van der Waals surface area contributed by atoms with Crippen molar-refractivity contribution in [1.82, 2.24) is 9.88 Å². The van der Waals surface area contributed by atoms with E-state index >= 15 is 0 Å². The highest BCUT2D eigenvalue weighted by molar-refractivity contribution is 8.26. The van der Waals surface area contributed by atoms with Gasteiger partial charge in [-0.1, -0.05) is 54.3 Å². The van der Waals surface area contributed by atoms with E-state index in [1.54, 1.807) is 24.5 Å². The molecule has 1 fully saturated rings. The summed E-state index contributed by atoms with van der Waals surface area (Å²) in [4.78, 5) is 18.6. The number of carbonyl (C=O) groups excluding carboxylic acids is 1. The van der Waals surface area contributed by atoms with Crippen LogP contribution in [0.5, 0.6) is 0 Å². The van der Waals surface area contributed by atoms with Crippen molar-refractivity contribution >= 4 is 62.0 Å². The summed E-state index contributed by atoms with van der Waals surface area (Å²) in [6.45, 7) is 0. The third-order valence-corrected chi connectivity index (χ3v) is 5.91. The molecule has 2 aromatic heterocycles. The first-order valence-electron chi connectivity index (χ1n) is 6.79. The predicted octanol–water partition coefficient (Wildman–Crippen LogP) is 4.39. The summed E-state index contributed by atoms with van der Waals surface area (Å²) in [6, 6.07) is 11.9. The second-order valence-electron chi connectivity index (χ2n) is 4.94. The Bertz CT molecular complexity index is 925. The zero-order valence-corrected chi connectivity index (χ0v) is 14.4. The van der Waals surface area contributed by atoms with Crippen molar-refractivity contribution < 1.29 is 9.21 Å². The van der Waals surface area contributed by atoms with Crippen molar-refractivity contribution in [3.8, 4) is 10.6 Å². The molecule has 1 amide bonds. The normalized spacial score (nSPS) is 16.9. The zero-order chi connectivity index (χ0) is 16.0. The maximum atomic E-state index is 12.0. The van der Waals surface area contributed by atoms with Crippen molar-refractivity contribution in [3.05, 3.63) is 47.1 Å². The van der Waals surface area contributed by atoms with Gasteiger partial charge in [-0.15, -0.1) is 11.3 Å². The number of aromatic nitrogens is 1. The fraction of sp³-hybridized carbons (Fsp3) is 0.0625. The van der Waals surface area contributed by atoms with Gasteiger partial charge in [0.1, 0.15) is 15.1 Å². The lowest BCUT2D eigenvalue weighted by atomic mass is 10.2. The van der Waals surface area contributed by atoms with Crippen LogP contribution in [0.4, 0.5) is 0 Å². The molecule has 1 aliphatic heterocycles. The van der Waals surface area contributed by atoms with Gasteiger partial charge in [0.2, 0.25) is 5.71 Å². The van der Waals surface area contributed by atoms with Crippen molar-refractivity contribution in [2.45, 2.75) is 0 Å². The molecule has 0 spiro atoms. The van der Waals surface area contributed by atoms with Crippen molar-refractivity contribution in [2.24, 2.45) is 0 Å². The molecule has 0 atom stereocenters. The lowest BCUT2D eigenvalue weighted by molar-refractivity contribution is -0.121. The SMILES string of the molecule is CN1C(=O)/C(=C\c2cc3sc(-c4ccccc4)nc3o2)SC1=S. The standard InChI is InChI=1S/C16H10N2O2S3/c1-18-15(19)12(23-16(18)21)8-10-7-11-13(20-10)17-14(22-11)9-5-3-2-4-6-9/h2-8H,1H3/b12-8+. The Morgan fingerprint density at radius 1 is 1.30 bits per heavy atom.